The number of anilines is 1. The molecule has 216 valence electrons. The summed E-state index contributed by atoms with van der Waals surface area (Å²) in [4.78, 5) is 32.2. The van der Waals surface area contributed by atoms with E-state index in [1.807, 2.05) is 77.3 Å². The van der Waals surface area contributed by atoms with E-state index < -0.39 is 0 Å². The highest BCUT2D eigenvalue weighted by Gasteiger charge is 2.37. The summed E-state index contributed by atoms with van der Waals surface area (Å²) in [5.74, 6) is 1.51. The van der Waals surface area contributed by atoms with Crippen molar-refractivity contribution in [1.29, 1.82) is 0 Å². The van der Waals surface area contributed by atoms with Gasteiger partial charge in [-0.25, -0.2) is 0 Å². The Bertz CT molecular complexity index is 1160. The maximum absolute atomic E-state index is 13.3. The van der Waals surface area contributed by atoms with E-state index in [-0.39, 0.29) is 29.9 Å². The van der Waals surface area contributed by atoms with Gasteiger partial charge in [-0.15, -0.1) is 0 Å². The van der Waals surface area contributed by atoms with Crippen LogP contribution >= 0.6 is 0 Å². The van der Waals surface area contributed by atoms with Crippen molar-refractivity contribution in [2.75, 3.05) is 65.1 Å². The summed E-state index contributed by atoms with van der Waals surface area (Å²) in [6.07, 6.45) is 6.84. The van der Waals surface area contributed by atoms with Crippen molar-refractivity contribution in [3.05, 3.63) is 54.1 Å². The summed E-state index contributed by atoms with van der Waals surface area (Å²) in [7, 11) is 3.96. The van der Waals surface area contributed by atoms with Gasteiger partial charge in [-0.1, -0.05) is 18.6 Å². The molecule has 0 radical (unpaired) electrons. The fourth-order valence-electron chi connectivity index (χ4n) is 6.11. The fourth-order valence-corrected chi connectivity index (χ4v) is 6.11. The number of rotatable bonds is 4. The molecule has 1 spiro atoms. The number of fused-ring (bicyclic) bond motifs is 3. The Morgan fingerprint density at radius 1 is 1.02 bits per heavy atom. The van der Waals surface area contributed by atoms with Crippen LogP contribution in [0.15, 0.2) is 48.5 Å². The minimum Gasteiger partial charge on any atom is -0.493 e. The van der Waals surface area contributed by atoms with Gasteiger partial charge >= 0.3 is 0 Å². The molecular formula is C32H43N3O5. The number of carbonyl (C=O) groups excluding carboxylic acids is 2. The van der Waals surface area contributed by atoms with Gasteiger partial charge in [-0.2, -0.15) is 0 Å². The molecule has 2 saturated heterocycles. The van der Waals surface area contributed by atoms with Gasteiger partial charge in [0.25, 0.3) is 11.8 Å². The van der Waals surface area contributed by atoms with E-state index in [0.717, 1.165) is 62.9 Å². The minimum absolute atomic E-state index is 0.0160. The Balaban J connectivity index is 1.21. The average Bonchev–Trinajstić information content (AvgIpc) is 3.45. The van der Waals surface area contributed by atoms with Crippen LogP contribution < -0.4 is 14.4 Å². The van der Waals surface area contributed by atoms with Crippen molar-refractivity contribution in [3.8, 4) is 11.5 Å². The van der Waals surface area contributed by atoms with Crippen molar-refractivity contribution < 1.29 is 23.8 Å². The molecule has 2 amide bonds. The minimum atomic E-state index is -0.0160. The van der Waals surface area contributed by atoms with Crippen LogP contribution in [0.2, 0.25) is 0 Å². The first-order chi connectivity index (χ1) is 19.4. The van der Waals surface area contributed by atoms with Gasteiger partial charge in [-0.05, 0) is 68.9 Å². The summed E-state index contributed by atoms with van der Waals surface area (Å²) in [5, 5.41) is 0. The lowest BCUT2D eigenvalue weighted by molar-refractivity contribution is -0.136. The summed E-state index contributed by atoms with van der Waals surface area (Å²) in [5.41, 5.74) is 1.69. The number of hydrogen-bond donors (Lipinski definition) is 0. The molecule has 8 nitrogen and oxygen atoms in total. The Labute approximate surface area is 238 Å². The monoisotopic (exact) mass is 549 g/mol. The maximum Gasteiger partial charge on any atom is 0.260 e. The number of piperidine rings is 1. The zero-order valence-electron chi connectivity index (χ0n) is 24.0. The Kier molecular flexibility index (Phi) is 9.15. The number of amides is 2. The molecular weight excluding hydrogens is 506 g/mol. The molecule has 3 aliphatic rings. The first-order valence-corrected chi connectivity index (χ1v) is 14.7. The second-order valence-corrected chi connectivity index (χ2v) is 11.7. The van der Waals surface area contributed by atoms with Crippen molar-refractivity contribution in [1.82, 2.24) is 9.80 Å². The molecule has 0 unspecified atom stereocenters. The Morgan fingerprint density at radius 2 is 1.85 bits per heavy atom. The van der Waals surface area contributed by atoms with E-state index >= 15 is 0 Å². The van der Waals surface area contributed by atoms with Crippen LogP contribution in [0.5, 0.6) is 11.5 Å². The summed E-state index contributed by atoms with van der Waals surface area (Å²) < 4.78 is 18.3. The van der Waals surface area contributed by atoms with Crippen molar-refractivity contribution in [2.24, 2.45) is 5.41 Å². The van der Waals surface area contributed by atoms with E-state index in [1.54, 1.807) is 0 Å². The van der Waals surface area contributed by atoms with Gasteiger partial charge in [0.15, 0.2) is 6.61 Å². The molecule has 40 heavy (non-hydrogen) atoms. The smallest absolute Gasteiger partial charge is 0.260 e. The predicted octanol–water partition coefficient (Wildman–Crippen LogP) is 4.62. The number of benzene rings is 2. The molecule has 0 saturated carbocycles. The molecule has 0 aliphatic carbocycles. The zero-order valence-corrected chi connectivity index (χ0v) is 24.0. The highest BCUT2D eigenvalue weighted by molar-refractivity contribution is 5.95. The lowest BCUT2D eigenvalue weighted by atomic mass is 9.75. The van der Waals surface area contributed by atoms with Crippen LogP contribution in [0.25, 0.3) is 0 Å². The molecule has 0 aromatic heterocycles. The fraction of sp³-hybridized carbons (Fsp3) is 0.562. The lowest BCUT2D eigenvalue weighted by Crippen LogP contribution is -2.47. The number of likely N-dealkylation sites (tertiary alicyclic amines) is 1. The summed E-state index contributed by atoms with van der Waals surface area (Å²) >= 11 is 0. The highest BCUT2D eigenvalue weighted by atomic mass is 16.5. The van der Waals surface area contributed by atoms with Crippen molar-refractivity contribution >= 4 is 17.5 Å². The number of hydrogen-bond acceptors (Lipinski definition) is 6. The van der Waals surface area contributed by atoms with Gasteiger partial charge in [0.1, 0.15) is 11.5 Å². The SMILES string of the molecule is CN(C)c1cccc(OCC(=O)N2CCC3(CCCCOC[C@@H]4CCCN4C(=O)c4cccc(c4)OC3)CC2)c1. The first-order valence-electron chi connectivity index (χ1n) is 14.7. The molecule has 8 heteroatoms. The standard InChI is InChI=1S/C32H43N3O5/c1-33(2)26-9-6-12-29(21-26)39-23-30(36)34-17-14-32(15-18-34)13-3-4-19-38-22-27-10-7-16-35(27)31(37)25-8-5-11-28(20-25)40-24-32/h5-6,8-9,11-12,20-21,27H,3-4,7,10,13-19,22-24H2,1-2H3/t27-/m0/s1. The van der Waals surface area contributed by atoms with Crippen LogP contribution in [0.1, 0.15) is 55.3 Å². The molecule has 3 heterocycles. The maximum atomic E-state index is 13.3. The molecule has 1 atom stereocenters. The predicted molar refractivity (Wildman–Crippen MR) is 155 cm³/mol. The van der Waals surface area contributed by atoms with E-state index in [4.69, 9.17) is 14.2 Å². The second-order valence-electron chi connectivity index (χ2n) is 11.7. The second kappa shape index (κ2) is 12.9. The topological polar surface area (TPSA) is 71.6 Å². The molecule has 2 bridgehead atoms. The Hall–Kier alpha value is -3.26. The number of ether oxygens (including phenoxy) is 3. The van der Waals surface area contributed by atoms with Gasteiger partial charge in [-0.3, -0.25) is 9.59 Å². The third kappa shape index (κ3) is 6.89. The van der Waals surface area contributed by atoms with Gasteiger partial charge in [0, 0.05) is 63.1 Å². The summed E-state index contributed by atoms with van der Waals surface area (Å²) in [6, 6.07) is 15.5. The quantitative estimate of drug-likeness (QED) is 0.554. The Morgan fingerprint density at radius 3 is 2.67 bits per heavy atom. The molecule has 2 aromatic rings. The summed E-state index contributed by atoms with van der Waals surface area (Å²) in [6.45, 7) is 4.09. The van der Waals surface area contributed by atoms with Crippen LogP contribution in [0.3, 0.4) is 0 Å². The van der Waals surface area contributed by atoms with Gasteiger partial charge in [0.05, 0.1) is 19.3 Å². The molecule has 5 rings (SSSR count). The van der Waals surface area contributed by atoms with Crippen LogP contribution in [-0.2, 0) is 9.53 Å². The number of carbonyl (C=O) groups is 2. The molecule has 2 aromatic carbocycles. The lowest BCUT2D eigenvalue weighted by Gasteiger charge is -2.41. The van der Waals surface area contributed by atoms with Gasteiger partial charge < -0.3 is 28.9 Å². The van der Waals surface area contributed by atoms with Crippen molar-refractivity contribution in [3.63, 3.8) is 0 Å². The van der Waals surface area contributed by atoms with Gasteiger partial charge in [0.2, 0.25) is 0 Å². The van der Waals surface area contributed by atoms with Crippen LogP contribution in [-0.4, -0.2) is 87.8 Å². The van der Waals surface area contributed by atoms with E-state index in [1.165, 1.54) is 0 Å². The van der Waals surface area contributed by atoms with Crippen LogP contribution in [0.4, 0.5) is 5.69 Å². The highest BCUT2D eigenvalue weighted by Crippen LogP contribution is 2.38. The van der Waals surface area contributed by atoms with E-state index in [0.29, 0.717) is 44.2 Å². The normalized spacial score (nSPS) is 21.6. The number of nitrogens with zero attached hydrogens (tertiary/aromatic N) is 3. The van der Waals surface area contributed by atoms with E-state index in [2.05, 4.69) is 0 Å². The zero-order chi connectivity index (χ0) is 28.0. The molecule has 2 fully saturated rings. The van der Waals surface area contributed by atoms with E-state index in [9.17, 15) is 9.59 Å². The van der Waals surface area contributed by atoms with Crippen LogP contribution in [0, 0.1) is 5.41 Å². The third-order valence-electron chi connectivity index (χ3n) is 8.69. The average molecular weight is 550 g/mol. The largest absolute Gasteiger partial charge is 0.493 e. The molecule has 0 N–H and O–H groups in total. The third-order valence-corrected chi connectivity index (χ3v) is 8.69. The first kappa shape index (κ1) is 28.3. The molecule has 3 aliphatic heterocycles. The van der Waals surface area contributed by atoms with Crippen molar-refractivity contribution in [2.45, 2.75) is 51.0 Å².